The number of fused-ring (bicyclic) bond motifs is 1. The molecule has 2 aromatic rings. The van der Waals surface area contributed by atoms with E-state index in [1.54, 1.807) is 36.4 Å². The molecule has 6 heteroatoms. The second kappa shape index (κ2) is 6.05. The molecule has 3 rings (SSSR count). The fraction of sp³-hybridized carbons (Fsp3) is 0.211. The molecule has 1 aliphatic heterocycles. The summed E-state index contributed by atoms with van der Waals surface area (Å²) in [5, 5.41) is 5.35. The van der Waals surface area contributed by atoms with Crippen molar-refractivity contribution in [3.05, 3.63) is 53.6 Å². The number of benzene rings is 2. The first-order valence-electron chi connectivity index (χ1n) is 7.83. The topological polar surface area (TPSA) is 84.5 Å². The standard InChI is InChI=1S/C19H18N2O4/c1-11-7-8-16-15(9-11)21-18(24)19(3,25-16)17(23)20-14-6-4-5-13(10-14)12(2)22/h4-10H,1-3H3,(H,20,23)(H,21,24). The van der Waals surface area contributed by atoms with Crippen LogP contribution in [-0.2, 0) is 9.59 Å². The van der Waals surface area contributed by atoms with Gasteiger partial charge in [-0.05, 0) is 50.6 Å². The van der Waals surface area contributed by atoms with Gasteiger partial charge in [0.15, 0.2) is 5.78 Å². The molecule has 0 bridgehead atoms. The Hall–Kier alpha value is -3.15. The molecule has 128 valence electrons. The van der Waals surface area contributed by atoms with E-state index in [0.29, 0.717) is 22.7 Å². The molecule has 0 aromatic heterocycles. The fourth-order valence-electron chi connectivity index (χ4n) is 2.55. The highest BCUT2D eigenvalue weighted by atomic mass is 16.5. The maximum absolute atomic E-state index is 12.7. The van der Waals surface area contributed by atoms with Gasteiger partial charge in [-0.1, -0.05) is 18.2 Å². The number of ketones is 1. The third-order valence-corrected chi connectivity index (χ3v) is 4.09. The van der Waals surface area contributed by atoms with Crippen LogP contribution in [0.5, 0.6) is 5.75 Å². The lowest BCUT2D eigenvalue weighted by molar-refractivity contribution is -0.143. The molecule has 1 heterocycles. The van der Waals surface area contributed by atoms with E-state index in [-0.39, 0.29) is 5.78 Å². The average Bonchev–Trinajstić information content (AvgIpc) is 2.56. The zero-order valence-electron chi connectivity index (χ0n) is 14.2. The number of nitrogens with one attached hydrogen (secondary N) is 2. The van der Waals surface area contributed by atoms with E-state index >= 15 is 0 Å². The number of hydrogen-bond donors (Lipinski definition) is 2. The van der Waals surface area contributed by atoms with Crippen LogP contribution in [0.1, 0.15) is 29.8 Å². The zero-order chi connectivity index (χ0) is 18.2. The third kappa shape index (κ3) is 3.10. The van der Waals surface area contributed by atoms with Crippen LogP contribution in [0.3, 0.4) is 0 Å². The van der Waals surface area contributed by atoms with Gasteiger partial charge >= 0.3 is 0 Å². The Morgan fingerprint density at radius 1 is 1.16 bits per heavy atom. The van der Waals surface area contributed by atoms with E-state index < -0.39 is 17.4 Å². The minimum Gasteiger partial charge on any atom is -0.466 e. The molecule has 2 N–H and O–H groups in total. The highest BCUT2D eigenvalue weighted by Crippen LogP contribution is 2.34. The maximum Gasteiger partial charge on any atom is 0.278 e. The van der Waals surface area contributed by atoms with Crippen molar-refractivity contribution in [2.45, 2.75) is 26.4 Å². The Balaban J connectivity index is 1.86. The summed E-state index contributed by atoms with van der Waals surface area (Å²) in [6.07, 6.45) is 0. The zero-order valence-corrected chi connectivity index (χ0v) is 14.2. The largest absolute Gasteiger partial charge is 0.466 e. The number of carbonyl (C=O) groups excluding carboxylic acids is 3. The number of aryl methyl sites for hydroxylation is 1. The van der Waals surface area contributed by atoms with Gasteiger partial charge < -0.3 is 15.4 Å². The van der Waals surface area contributed by atoms with Gasteiger partial charge in [-0.3, -0.25) is 14.4 Å². The molecule has 2 amide bonds. The van der Waals surface area contributed by atoms with E-state index in [1.165, 1.54) is 13.8 Å². The monoisotopic (exact) mass is 338 g/mol. The Labute approximate surface area is 145 Å². The normalized spacial score (nSPS) is 18.6. The number of amides is 2. The van der Waals surface area contributed by atoms with Crippen LogP contribution in [0, 0.1) is 6.92 Å². The van der Waals surface area contributed by atoms with Crippen LogP contribution in [0.2, 0.25) is 0 Å². The van der Waals surface area contributed by atoms with E-state index in [9.17, 15) is 14.4 Å². The van der Waals surface area contributed by atoms with Crippen LogP contribution in [0.15, 0.2) is 42.5 Å². The summed E-state index contributed by atoms with van der Waals surface area (Å²) in [5.41, 5.74) is 0.683. The maximum atomic E-state index is 12.7. The third-order valence-electron chi connectivity index (χ3n) is 4.09. The predicted molar refractivity (Wildman–Crippen MR) is 93.9 cm³/mol. The van der Waals surface area contributed by atoms with Gasteiger partial charge in [0.25, 0.3) is 17.4 Å². The van der Waals surface area contributed by atoms with Gasteiger partial charge in [-0.2, -0.15) is 0 Å². The molecular weight excluding hydrogens is 320 g/mol. The van der Waals surface area contributed by atoms with Gasteiger partial charge in [0.05, 0.1) is 5.69 Å². The van der Waals surface area contributed by atoms with Crippen molar-refractivity contribution in [2.24, 2.45) is 0 Å². The Morgan fingerprint density at radius 2 is 1.92 bits per heavy atom. The highest BCUT2D eigenvalue weighted by molar-refractivity contribution is 6.19. The summed E-state index contributed by atoms with van der Waals surface area (Å²) in [6, 6.07) is 11.8. The minimum atomic E-state index is -1.71. The van der Waals surface area contributed by atoms with E-state index in [1.807, 2.05) is 13.0 Å². The summed E-state index contributed by atoms with van der Waals surface area (Å²) in [7, 11) is 0. The Bertz CT molecular complexity index is 891. The number of hydrogen-bond acceptors (Lipinski definition) is 4. The molecule has 6 nitrogen and oxygen atoms in total. The summed E-state index contributed by atoms with van der Waals surface area (Å²) < 4.78 is 5.71. The molecule has 0 aliphatic carbocycles. The molecule has 0 fully saturated rings. The van der Waals surface area contributed by atoms with Gasteiger partial charge in [-0.25, -0.2) is 0 Å². The summed E-state index contributed by atoms with van der Waals surface area (Å²) in [6.45, 7) is 4.75. The van der Waals surface area contributed by atoms with Crippen molar-refractivity contribution in [2.75, 3.05) is 10.6 Å². The molecule has 0 spiro atoms. The van der Waals surface area contributed by atoms with E-state index in [0.717, 1.165) is 5.56 Å². The van der Waals surface area contributed by atoms with Crippen molar-refractivity contribution < 1.29 is 19.1 Å². The van der Waals surface area contributed by atoms with Crippen molar-refractivity contribution >= 4 is 29.0 Å². The lowest BCUT2D eigenvalue weighted by atomic mass is 10.0. The van der Waals surface area contributed by atoms with Crippen molar-refractivity contribution in [1.29, 1.82) is 0 Å². The summed E-state index contributed by atoms with van der Waals surface area (Å²) in [5.74, 6) is -0.846. The number of ether oxygens (including phenoxy) is 1. The molecule has 0 saturated carbocycles. The van der Waals surface area contributed by atoms with Gasteiger partial charge in [0.2, 0.25) is 0 Å². The van der Waals surface area contributed by atoms with Gasteiger partial charge in [-0.15, -0.1) is 0 Å². The number of rotatable bonds is 3. The Kier molecular flexibility index (Phi) is 4.04. The molecule has 25 heavy (non-hydrogen) atoms. The number of carbonyl (C=O) groups is 3. The van der Waals surface area contributed by atoms with Gasteiger partial charge in [0, 0.05) is 11.3 Å². The molecule has 1 atom stereocenters. The molecule has 2 aromatic carbocycles. The van der Waals surface area contributed by atoms with E-state index in [2.05, 4.69) is 10.6 Å². The van der Waals surface area contributed by atoms with Crippen LogP contribution in [0.4, 0.5) is 11.4 Å². The van der Waals surface area contributed by atoms with Crippen LogP contribution in [-0.4, -0.2) is 23.2 Å². The molecule has 1 unspecified atom stereocenters. The first-order chi connectivity index (χ1) is 11.8. The average molecular weight is 338 g/mol. The fourth-order valence-corrected chi connectivity index (χ4v) is 2.55. The smallest absolute Gasteiger partial charge is 0.278 e. The van der Waals surface area contributed by atoms with Crippen molar-refractivity contribution in [1.82, 2.24) is 0 Å². The number of Topliss-reactive ketones (excluding diaryl/α,β-unsaturated/α-hetero) is 1. The lowest BCUT2D eigenvalue weighted by Gasteiger charge is -2.33. The van der Waals surface area contributed by atoms with Crippen LogP contribution < -0.4 is 15.4 Å². The second-order valence-corrected chi connectivity index (χ2v) is 6.18. The minimum absolute atomic E-state index is 0.113. The van der Waals surface area contributed by atoms with Crippen LogP contribution >= 0.6 is 0 Å². The predicted octanol–water partition coefficient (Wildman–Crippen LogP) is 2.93. The van der Waals surface area contributed by atoms with Crippen molar-refractivity contribution in [3.8, 4) is 5.75 Å². The highest BCUT2D eigenvalue weighted by Gasteiger charge is 2.47. The number of anilines is 2. The first kappa shape index (κ1) is 16.7. The van der Waals surface area contributed by atoms with E-state index in [4.69, 9.17) is 4.74 Å². The van der Waals surface area contributed by atoms with Crippen LogP contribution in [0.25, 0.3) is 0 Å². The molecular formula is C19H18N2O4. The summed E-state index contributed by atoms with van der Waals surface area (Å²) >= 11 is 0. The molecule has 0 radical (unpaired) electrons. The van der Waals surface area contributed by atoms with Crippen molar-refractivity contribution in [3.63, 3.8) is 0 Å². The molecule has 1 aliphatic rings. The first-order valence-corrected chi connectivity index (χ1v) is 7.83. The molecule has 0 saturated heterocycles. The lowest BCUT2D eigenvalue weighted by Crippen LogP contribution is -2.56. The summed E-state index contributed by atoms with van der Waals surface area (Å²) in [4.78, 5) is 36.6. The van der Waals surface area contributed by atoms with Gasteiger partial charge in [0.1, 0.15) is 5.75 Å². The Morgan fingerprint density at radius 3 is 2.64 bits per heavy atom. The second-order valence-electron chi connectivity index (χ2n) is 6.18. The quantitative estimate of drug-likeness (QED) is 0.666. The SMILES string of the molecule is CC(=O)c1cccc(NC(=O)C2(C)Oc3ccc(C)cc3NC2=O)c1.